The van der Waals surface area contributed by atoms with Gasteiger partial charge in [-0.05, 0) is 73.0 Å². The molecule has 8 heteroatoms. The molecular formula is C28H25FN4O3. The minimum Gasteiger partial charge on any atom is -0.497 e. The number of rotatable bonds is 6. The van der Waals surface area contributed by atoms with E-state index in [-0.39, 0.29) is 36.0 Å². The van der Waals surface area contributed by atoms with Gasteiger partial charge in [-0.25, -0.2) is 9.07 Å². The molecule has 0 spiro atoms. The van der Waals surface area contributed by atoms with E-state index in [2.05, 4.69) is 5.10 Å². The molecule has 2 heterocycles. The van der Waals surface area contributed by atoms with Gasteiger partial charge in [0.1, 0.15) is 11.6 Å². The van der Waals surface area contributed by atoms with Gasteiger partial charge in [-0.2, -0.15) is 5.10 Å². The molecule has 2 amide bonds. The number of methoxy groups -OCH3 is 1. The minimum atomic E-state index is -0.671. The Morgan fingerprint density at radius 1 is 1.08 bits per heavy atom. The van der Waals surface area contributed by atoms with Crippen molar-refractivity contribution in [3.05, 3.63) is 84.3 Å². The first-order valence-corrected chi connectivity index (χ1v) is 11.9. The molecule has 36 heavy (non-hydrogen) atoms. The van der Waals surface area contributed by atoms with Crippen LogP contribution >= 0.6 is 0 Å². The van der Waals surface area contributed by atoms with Gasteiger partial charge >= 0.3 is 0 Å². The second-order valence-electron chi connectivity index (χ2n) is 9.59. The van der Waals surface area contributed by atoms with E-state index in [1.807, 2.05) is 42.5 Å². The zero-order valence-electron chi connectivity index (χ0n) is 19.7. The maximum Gasteiger partial charge on any atom is 0.227 e. The predicted molar refractivity (Wildman–Crippen MR) is 133 cm³/mol. The predicted octanol–water partition coefficient (Wildman–Crippen LogP) is 4.53. The van der Waals surface area contributed by atoms with Crippen LogP contribution in [0.4, 0.5) is 10.1 Å². The summed E-state index contributed by atoms with van der Waals surface area (Å²) in [6.07, 6.45) is 3.36. The summed E-state index contributed by atoms with van der Waals surface area (Å²) < 4.78 is 20.6. The van der Waals surface area contributed by atoms with Crippen molar-refractivity contribution in [2.75, 3.05) is 12.0 Å². The van der Waals surface area contributed by atoms with Crippen LogP contribution in [-0.2, 0) is 9.59 Å². The molecule has 1 saturated carbocycles. The number of fused-ring (bicyclic) bond motifs is 1. The first-order valence-electron chi connectivity index (χ1n) is 11.9. The van der Waals surface area contributed by atoms with Gasteiger partial charge in [0.15, 0.2) is 0 Å². The zero-order chi connectivity index (χ0) is 25.0. The molecule has 1 aliphatic heterocycles. The monoisotopic (exact) mass is 484 g/mol. The number of nitrogens with two attached hydrogens (primary N) is 1. The van der Waals surface area contributed by atoms with Gasteiger partial charge < -0.3 is 15.4 Å². The number of hydrogen-bond acceptors (Lipinski definition) is 4. The van der Waals surface area contributed by atoms with E-state index in [9.17, 15) is 14.0 Å². The van der Waals surface area contributed by atoms with Gasteiger partial charge in [0.05, 0.1) is 36.0 Å². The summed E-state index contributed by atoms with van der Waals surface area (Å²) in [5, 5.41) is 5.32. The van der Waals surface area contributed by atoms with Gasteiger partial charge in [0, 0.05) is 23.4 Å². The fourth-order valence-corrected chi connectivity index (χ4v) is 5.64. The lowest BCUT2D eigenvalue weighted by Crippen LogP contribution is -2.36. The van der Waals surface area contributed by atoms with Gasteiger partial charge in [0.25, 0.3) is 0 Å². The molecule has 4 aromatic rings. The largest absolute Gasteiger partial charge is 0.497 e. The second kappa shape index (κ2) is 8.19. The third kappa shape index (κ3) is 3.44. The lowest BCUT2D eigenvalue weighted by atomic mass is 9.79. The summed E-state index contributed by atoms with van der Waals surface area (Å²) in [5.41, 5.74) is 8.38. The molecular weight excluding hydrogens is 459 g/mol. The standard InChI is InChI=1S/C28H25FN4O3/c1-36-22-4-2-3-17(14-22)26-23(28(11-12-28)27(30)35)15-25(34)32(26)21-9-10-24-18(13-21)16-31-33(24)20-7-5-19(29)6-8-20/h2-10,13-14,16,23,26H,11-12,15H2,1H3,(H2,30,35)/t23-,26+/m1/s1. The molecule has 3 aromatic carbocycles. The molecule has 1 aromatic heterocycles. The van der Waals surface area contributed by atoms with Gasteiger partial charge in [-0.1, -0.05) is 12.1 Å². The van der Waals surface area contributed by atoms with Crippen LogP contribution < -0.4 is 15.4 Å². The van der Waals surface area contributed by atoms with Crippen LogP contribution in [-0.4, -0.2) is 28.7 Å². The van der Waals surface area contributed by atoms with E-state index in [1.165, 1.54) is 12.1 Å². The van der Waals surface area contributed by atoms with E-state index < -0.39 is 5.41 Å². The average Bonchev–Trinajstić information content (AvgIpc) is 3.48. The van der Waals surface area contributed by atoms with E-state index in [0.29, 0.717) is 18.6 Å². The number of aromatic nitrogens is 2. The third-order valence-corrected chi connectivity index (χ3v) is 7.65. The Balaban J connectivity index is 1.44. The summed E-state index contributed by atoms with van der Waals surface area (Å²) in [6.45, 7) is 0. The Bertz CT molecular complexity index is 1490. The maximum atomic E-state index is 13.5. The van der Waals surface area contributed by atoms with Crippen molar-refractivity contribution < 1.29 is 18.7 Å². The van der Waals surface area contributed by atoms with Crippen LogP contribution in [0.5, 0.6) is 5.75 Å². The number of carbonyl (C=O) groups is 2. The Morgan fingerprint density at radius 2 is 1.83 bits per heavy atom. The summed E-state index contributed by atoms with van der Waals surface area (Å²) in [7, 11) is 1.60. The highest BCUT2D eigenvalue weighted by atomic mass is 19.1. The highest BCUT2D eigenvalue weighted by molar-refractivity contribution is 6.00. The quantitative estimate of drug-likeness (QED) is 0.435. The number of anilines is 1. The van der Waals surface area contributed by atoms with Crippen molar-refractivity contribution in [1.29, 1.82) is 0 Å². The van der Waals surface area contributed by atoms with Crippen LogP contribution in [0.1, 0.15) is 30.9 Å². The van der Waals surface area contributed by atoms with Gasteiger partial charge in [-0.3, -0.25) is 9.59 Å². The van der Waals surface area contributed by atoms with Crippen LogP contribution in [0.25, 0.3) is 16.6 Å². The number of amides is 2. The fourth-order valence-electron chi connectivity index (χ4n) is 5.64. The number of carbonyl (C=O) groups excluding carboxylic acids is 2. The van der Waals surface area contributed by atoms with Crippen molar-refractivity contribution in [2.45, 2.75) is 25.3 Å². The molecule has 2 atom stereocenters. The fraction of sp³-hybridized carbons (Fsp3) is 0.250. The molecule has 2 aliphatic rings. The maximum absolute atomic E-state index is 13.5. The average molecular weight is 485 g/mol. The van der Waals surface area contributed by atoms with Crippen molar-refractivity contribution in [3.8, 4) is 11.4 Å². The Hall–Kier alpha value is -4.20. The van der Waals surface area contributed by atoms with Crippen molar-refractivity contribution in [2.24, 2.45) is 17.1 Å². The van der Waals surface area contributed by atoms with E-state index in [0.717, 1.165) is 27.8 Å². The highest BCUT2D eigenvalue weighted by Gasteiger charge is 2.61. The number of primary amides is 1. The summed E-state index contributed by atoms with van der Waals surface area (Å²) in [4.78, 5) is 27.8. The number of halogens is 1. The van der Waals surface area contributed by atoms with Crippen LogP contribution in [0.3, 0.4) is 0 Å². The molecule has 1 aliphatic carbocycles. The Morgan fingerprint density at radius 3 is 2.53 bits per heavy atom. The molecule has 6 rings (SSSR count). The number of benzene rings is 3. The van der Waals surface area contributed by atoms with Gasteiger partial charge in [-0.15, -0.1) is 0 Å². The van der Waals surface area contributed by atoms with E-state index in [1.54, 1.807) is 35.0 Å². The lowest BCUT2D eigenvalue weighted by molar-refractivity contribution is -0.125. The summed E-state index contributed by atoms with van der Waals surface area (Å²) in [5.74, 6) is -0.248. The summed E-state index contributed by atoms with van der Waals surface area (Å²) in [6, 6.07) is 19.1. The third-order valence-electron chi connectivity index (χ3n) is 7.65. The first-order chi connectivity index (χ1) is 17.4. The number of nitrogens with zero attached hydrogens (tertiary/aromatic N) is 3. The van der Waals surface area contributed by atoms with Crippen molar-refractivity contribution >= 4 is 28.4 Å². The van der Waals surface area contributed by atoms with Crippen LogP contribution in [0.2, 0.25) is 0 Å². The topological polar surface area (TPSA) is 90.4 Å². The molecule has 0 unspecified atom stereocenters. The molecule has 0 bridgehead atoms. The van der Waals surface area contributed by atoms with Gasteiger partial charge in [0.2, 0.25) is 11.8 Å². The Kier molecular flexibility index (Phi) is 5.07. The van der Waals surface area contributed by atoms with E-state index in [4.69, 9.17) is 10.5 Å². The number of hydrogen-bond donors (Lipinski definition) is 1. The molecule has 182 valence electrons. The smallest absolute Gasteiger partial charge is 0.227 e. The normalized spacial score (nSPS) is 20.6. The minimum absolute atomic E-state index is 0.0504. The lowest BCUT2D eigenvalue weighted by Gasteiger charge is -2.32. The SMILES string of the molecule is COc1cccc([C@H]2[C@H](C3(C(N)=O)CC3)CC(=O)N2c2ccc3c(cnn3-c3ccc(F)cc3)c2)c1. The second-order valence-corrected chi connectivity index (χ2v) is 9.59. The molecule has 7 nitrogen and oxygen atoms in total. The van der Waals surface area contributed by atoms with Crippen molar-refractivity contribution in [3.63, 3.8) is 0 Å². The van der Waals surface area contributed by atoms with E-state index >= 15 is 0 Å². The summed E-state index contributed by atoms with van der Waals surface area (Å²) >= 11 is 0. The Labute approximate surface area is 207 Å². The van der Waals surface area contributed by atoms with Crippen LogP contribution in [0.15, 0.2) is 72.9 Å². The van der Waals surface area contributed by atoms with Crippen LogP contribution in [0, 0.1) is 17.2 Å². The molecule has 1 saturated heterocycles. The molecule has 2 fully saturated rings. The van der Waals surface area contributed by atoms with Crippen molar-refractivity contribution in [1.82, 2.24) is 9.78 Å². The highest BCUT2D eigenvalue weighted by Crippen LogP contribution is 2.61. The first kappa shape index (κ1) is 22.3. The zero-order valence-corrected chi connectivity index (χ0v) is 19.7. The molecule has 0 radical (unpaired) electrons. The molecule has 2 N–H and O–H groups in total. The number of ether oxygens (including phenoxy) is 1.